The molecule has 3 rings (SSSR count). The van der Waals surface area contributed by atoms with Gasteiger partial charge in [0.2, 0.25) is 6.41 Å². The summed E-state index contributed by atoms with van der Waals surface area (Å²) in [5.41, 5.74) is 1.97. The van der Waals surface area contributed by atoms with Gasteiger partial charge < -0.3 is 16.0 Å². The van der Waals surface area contributed by atoms with Crippen LogP contribution in [0.2, 0.25) is 0 Å². The van der Waals surface area contributed by atoms with Crippen LogP contribution >= 0.6 is 0 Å². The molecule has 1 heterocycles. The Morgan fingerprint density at radius 1 is 1.33 bits per heavy atom. The van der Waals surface area contributed by atoms with Gasteiger partial charge in [-0.3, -0.25) is 9.79 Å². The number of nitriles is 1. The van der Waals surface area contributed by atoms with E-state index in [1.807, 2.05) is 6.07 Å². The average Bonchev–Trinajstić information content (AvgIpc) is 3.13. The van der Waals surface area contributed by atoms with Gasteiger partial charge in [-0.15, -0.1) is 0 Å². The number of amides is 1. The number of aliphatic imine (C=N–C) groups is 1. The number of nitrogens with one attached hydrogen (secondary N) is 3. The van der Waals surface area contributed by atoms with Crippen molar-refractivity contribution in [2.45, 2.75) is 0 Å². The summed E-state index contributed by atoms with van der Waals surface area (Å²) in [4.78, 5) is 15.1. The fourth-order valence-corrected chi connectivity index (χ4v) is 2.45. The van der Waals surface area contributed by atoms with E-state index in [-0.39, 0.29) is 5.69 Å². The van der Waals surface area contributed by atoms with E-state index < -0.39 is 5.82 Å². The predicted molar refractivity (Wildman–Crippen MR) is 89.9 cm³/mol. The number of halogens is 1. The molecule has 6 nitrogen and oxygen atoms in total. The van der Waals surface area contributed by atoms with E-state index in [4.69, 9.17) is 5.26 Å². The summed E-state index contributed by atoms with van der Waals surface area (Å²) in [7, 11) is 0. The molecule has 2 aromatic rings. The van der Waals surface area contributed by atoms with Crippen LogP contribution in [0.25, 0.3) is 0 Å². The highest BCUT2D eigenvalue weighted by molar-refractivity contribution is 6.02. The molecule has 0 radical (unpaired) electrons. The Labute approximate surface area is 138 Å². The summed E-state index contributed by atoms with van der Waals surface area (Å²) in [6.07, 6.45) is 0.485. The fraction of sp³-hybridized carbons (Fsp3) is 0.118. The smallest absolute Gasteiger partial charge is 0.211 e. The highest BCUT2D eigenvalue weighted by Crippen LogP contribution is 2.30. The van der Waals surface area contributed by atoms with Gasteiger partial charge in [-0.05, 0) is 30.3 Å². The Morgan fingerprint density at radius 2 is 2.21 bits per heavy atom. The number of carbonyl (C=O) groups excluding carboxylic acids is 1. The molecule has 0 fully saturated rings. The van der Waals surface area contributed by atoms with Crippen molar-refractivity contribution in [2.24, 2.45) is 4.99 Å². The van der Waals surface area contributed by atoms with Gasteiger partial charge in [0.1, 0.15) is 11.7 Å². The van der Waals surface area contributed by atoms with Crippen LogP contribution in [-0.2, 0) is 4.79 Å². The summed E-state index contributed by atoms with van der Waals surface area (Å²) < 4.78 is 14.6. The molecule has 0 bridgehead atoms. The van der Waals surface area contributed by atoms with Crippen molar-refractivity contribution in [3.63, 3.8) is 0 Å². The minimum Gasteiger partial charge on any atom is -0.368 e. The molecule has 24 heavy (non-hydrogen) atoms. The van der Waals surface area contributed by atoms with Gasteiger partial charge in [-0.2, -0.15) is 5.26 Å². The third-order valence-corrected chi connectivity index (χ3v) is 3.51. The number of rotatable bonds is 5. The van der Waals surface area contributed by atoms with Crippen molar-refractivity contribution in [3.8, 4) is 6.07 Å². The van der Waals surface area contributed by atoms with E-state index in [9.17, 15) is 9.18 Å². The molecule has 0 unspecified atom stereocenters. The van der Waals surface area contributed by atoms with Crippen LogP contribution in [0.3, 0.4) is 0 Å². The quantitative estimate of drug-likeness (QED) is 0.737. The third-order valence-electron chi connectivity index (χ3n) is 3.51. The van der Waals surface area contributed by atoms with Crippen molar-refractivity contribution in [3.05, 3.63) is 53.3 Å². The normalized spacial score (nSPS) is 12.8. The minimum absolute atomic E-state index is 0.125. The molecule has 0 atom stereocenters. The molecule has 0 spiro atoms. The summed E-state index contributed by atoms with van der Waals surface area (Å²) in [5, 5.41) is 17.4. The lowest BCUT2D eigenvalue weighted by Gasteiger charge is -2.15. The zero-order chi connectivity index (χ0) is 16.9. The second kappa shape index (κ2) is 6.79. The molecular formula is C17H14FN5O. The van der Waals surface area contributed by atoms with Crippen LogP contribution in [0.5, 0.6) is 0 Å². The van der Waals surface area contributed by atoms with Gasteiger partial charge in [0.05, 0.1) is 29.6 Å². The molecule has 0 saturated heterocycles. The summed E-state index contributed by atoms with van der Waals surface area (Å²) in [6.45, 7) is 1.34. The number of nitrogens with zero attached hydrogens (tertiary/aromatic N) is 2. The lowest BCUT2D eigenvalue weighted by molar-refractivity contribution is -0.105. The first-order valence-corrected chi connectivity index (χ1v) is 7.31. The van der Waals surface area contributed by atoms with Gasteiger partial charge in [0.25, 0.3) is 0 Å². The highest BCUT2D eigenvalue weighted by atomic mass is 19.1. The molecule has 1 amide bonds. The Hall–Kier alpha value is -3.40. The topological polar surface area (TPSA) is 89.3 Å². The first-order valence-electron chi connectivity index (χ1n) is 7.31. The van der Waals surface area contributed by atoms with Crippen molar-refractivity contribution in [1.29, 1.82) is 5.26 Å². The fourth-order valence-electron chi connectivity index (χ4n) is 2.45. The maximum Gasteiger partial charge on any atom is 0.211 e. The van der Waals surface area contributed by atoms with Crippen LogP contribution in [-0.4, -0.2) is 25.3 Å². The van der Waals surface area contributed by atoms with Crippen molar-refractivity contribution < 1.29 is 9.18 Å². The lowest BCUT2D eigenvalue weighted by Crippen LogP contribution is -2.20. The molecule has 3 N–H and O–H groups in total. The Morgan fingerprint density at radius 3 is 2.92 bits per heavy atom. The van der Waals surface area contributed by atoms with Crippen molar-refractivity contribution in [1.82, 2.24) is 5.32 Å². The van der Waals surface area contributed by atoms with Crippen LogP contribution < -0.4 is 16.0 Å². The molecule has 120 valence electrons. The minimum atomic E-state index is -0.532. The molecule has 1 aliphatic heterocycles. The van der Waals surface area contributed by atoms with Gasteiger partial charge in [-0.25, -0.2) is 4.39 Å². The van der Waals surface area contributed by atoms with Gasteiger partial charge >= 0.3 is 0 Å². The number of carbonyl (C=O) groups is 1. The largest absolute Gasteiger partial charge is 0.368 e. The number of hydrogen-bond acceptors (Lipinski definition) is 5. The monoisotopic (exact) mass is 323 g/mol. The molecular weight excluding hydrogens is 309 g/mol. The lowest BCUT2D eigenvalue weighted by atomic mass is 10.1. The number of amidine groups is 1. The SMILES string of the molecule is N#Cc1cccc(Nc2c(F)cc(C3=NCCN3)cc2NC=O)c1. The first-order chi connectivity index (χ1) is 11.7. The molecule has 2 aromatic carbocycles. The standard InChI is InChI=1S/C17H14FN5O/c18-14-7-12(17-20-4-5-21-17)8-15(22-10-24)16(14)23-13-3-1-2-11(6-13)9-19/h1-3,6-8,10,23H,4-5H2,(H,20,21)(H,22,24). The Bertz CT molecular complexity index is 857. The third kappa shape index (κ3) is 3.17. The van der Waals surface area contributed by atoms with Gasteiger partial charge in [0, 0.05) is 17.8 Å². The van der Waals surface area contributed by atoms with Crippen molar-refractivity contribution >= 4 is 29.3 Å². The molecule has 7 heteroatoms. The number of hydrogen-bond donors (Lipinski definition) is 3. The van der Waals surface area contributed by atoms with E-state index in [2.05, 4.69) is 20.9 Å². The van der Waals surface area contributed by atoms with Gasteiger partial charge in [-0.1, -0.05) is 6.07 Å². The first kappa shape index (κ1) is 15.5. The van der Waals surface area contributed by atoms with E-state index in [1.54, 1.807) is 30.3 Å². The molecule has 0 saturated carbocycles. The van der Waals surface area contributed by atoms with E-state index in [0.29, 0.717) is 47.8 Å². The van der Waals surface area contributed by atoms with Gasteiger partial charge in [0.15, 0.2) is 0 Å². The molecule has 0 aliphatic carbocycles. The van der Waals surface area contributed by atoms with Crippen LogP contribution in [0.4, 0.5) is 21.5 Å². The Kier molecular flexibility index (Phi) is 4.38. The average molecular weight is 323 g/mol. The van der Waals surface area contributed by atoms with Crippen molar-refractivity contribution in [2.75, 3.05) is 23.7 Å². The van der Waals surface area contributed by atoms with E-state index in [0.717, 1.165) is 0 Å². The summed E-state index contributed by atoms with van der Waals surface area (Å²) >= 11 is 0. The zero-order valence-corrected chi connectivity index (χ0v) is 12.6. The summed E-state index contributed by atoms with van der Waals surface area (Å²) in [6, 6.07) is 11.7. The Balaban J connectivity index is 1.99. The molecule has 0 aromatic heterocycles. The number of benzene rings is 2. The second-order valence-corrected chi connectivity index (χ2v) is 5.12. The number of anilines is 3. The maximum atomic E-state index is 14.6. The summed E-state index contributed by atoms with van der Waals surface area (Å²) in [5.74, 6) is 0.0662. The van der Waals surface area contributed by atoms with Crippen LogP contribution in [0.1, 0.15) is 11.1 Å². The second-order valence-electron chi connectivity index (χ2n) is 5.12. The maximum absolute atomic E-state index is 14.6. The van der Waals surface area contributed by atoms with E-state index >= 15 is 0 Å². The predicted octanol–water partition coefficient (Wildman–Crippen LogP) is 2.36. The highest BCUT2D eigenvalue weighted by Gasteiger charge is 2.16. The zero-order valence-electron chi connectivity index (χ0n) is 12.6. The van der Waals surface area contributed by atoms with Crippen LogP contribution in [0.15, 0.2) is 41.4 Å². The molecule has 1 aliphatic rings. The van der Waals surface area contributed by atoms with Crippen LogP contribution in [0, 0.1) is 17.1 Å². The van der Waals surface area contributed by atoms with E-state index in [1.165, 1.54) is 6.07 Å².